The average Bonchev–Trinajstić information content (AvgIpc) is 2.59. The third kappa shape index (κ3) is 3.60. The third-order valence-electron chi connectivity index (χ3n) is 3.29. The highest BCUT2D eigenvalue weighted by Crippen LogP contribution is 2.31. The molecule has 0 radical (unpaired) electrons. The Balaban J connectivity index is 2.54. The number of benzene rings is 2. The highest BCUT2D eigenvalue weighted by Gasteiger charge is 2.27. The summed E-state index contributed by atoms with van der Waals surface area (Å²) < 4.78 is 37.1. The largest absolute Gasteiger partial charge is 0.493 e. The molecule has 8 heteroatoms. The first-order chi connectivity index (χ1) is 11.4. The van der Waals surface area contributed by atoms with Gasteiger partial charge in [0.2, 0.25) is 5.91 Å². The van der Waals surface area contributed by atoms with Crippen LogP contribution in [0.15, 0.2) is 53.4 Å². The SMILES string of the molecule is COc1ccc(S(=O)(=O)N(CC(N)=O)c2ccccc2)cc1OC. The number of hydrogen-bond acceptors (Lipinski definition) is 5. The van der Waals surface area contributed by atoms with Gasteiger partial charge in [-0.3, -0.25) is 9.10 Å². The van der Waals surface area contributed by atoms with Gasteiger partial charge in [-0.05, 0) is 24.3 Å². The van der Waals surface area contributed by atoms with E-state index in [2.05, 4.69) is 0 Å². The van der Waals surface area contributed by atoms with E-state index in [0.29, 0.717) is 11.4 Å². The molecule has 2 aromatic rings. The van der Waals surface area contributed by atoms with E-state index >= 15 is 0 Å². The maximum absolute atomic E-state index is 13.0. The summed E-state index contributed by atoms with van der Waals surface area (Å²) in [5.41, 5.74) is 5.56. The molecule has 7 nitrogen and oxygen atoms in total. The second kappa shape index (κ2) is 7.22. The number of nitrogens with zero attached hydrogens (tertiary/aromatic N) is 1. The minimum atomic E-state index is -4.01. The van der Waals surface area contributed by atoms with Crippen molar-refractivity contribution in [1.29, 1.82) is 0 Å². The van der Waals surface area contributed by atoms with Crippen molar-refractivity contribution in [3.63, 3.8) is 0 Å². The number of rotatable bonds is 7. The zero-order valence-electron chi connectivity index (χ0n) is 13.3. The van der Waals surface area contributed by atoms with Crippen LogP contribution in [-0.4, -0.2) is 35.1 Å². The molecule has 0 saturated heterocycles. The van der Waals surface area contributed by atoms with E-state index < -0.39 is 22.5 Å². The number of amides is 1. The Morgan fingerprint density at radius 3 is 2.21 bits per heavy atom. The van der Waals surface area contributed by atoms with Crippen LogP contribution in [0.1, 0.15) is 0 Å². The molecule has 0 fully saturated rings. The van der Waals surface area contributed by atoms with E-state index in [4.69, 9.17) is 15.2 Å². The highest BCUT2D eigenvalue weighted by atomic mass is 32.2. The van der Waals surface area contributed by atoms with Crippen LogP contribution in [0.5, 0.6) is 11.5 Å². The topological polar surface area (TPSA) is 98.9 Å². The smallest absolute Gasteiger partial charge is 0.264 e. The summed E-state index contributed by atoms with van der Waals surface area (Å²) in [5, 5.41) is 0. The molecule has 1 amide bonds. The Kier molecular flexibility index (Phi) is 5.30. The lowest BCUT2D eigenvalue weighted by Crippen LogP contribution is -2.38. The first kappa shape index (κ1) is 17.6. The van der Waals surface area contributed by atoms with Crippen LogP contribution in [0.2, 0.25) is 0 Å². The van der Waals surface area contributed by atoms with Crippen LogP contribution in [0.4, 0.5) is 5.69 Å². The van der Waals surface area contributed by atoms with Crippen molar-refractivity contribution in [2.75, 3.05) is 25.1 Å². The molecule has 2 N–H and O–H groups in total. The van der Waals surface area contributed by atoms with Crippen molar-refractivity contribution < 1.29 is 22.7 Å². The number of para-hydroxylation sites is 1. The van der Waals surface area contributed by atoms with Crippen LogP contribution in [0, 0.1) is 0 Å². The first-order valence-electron chi connectivity index (χ1n) is 6.98. The lowest BCUT2D eigenvalue weighted by atomic mass is 10.3. The van der Waals surface area contributed by atoms with E-state index in [9.17, 15) is 13.2 Å². The molecule has 0 aliphatic heterocycles. The summed E-state index contributed by atoms with van der Waals surface area (Å²) in [4.78, 5) is 11.3. The van der Waals surface area contributed by atoms with Crippen molar-refractivity contribution >= 4 is 21.6 Å². The van der Waals surface area contributed by atoms with Crippen molar-refractivity contribution in [3.05, 3.63) is 48.5 Å². The number of methoxy groups -OCH3 is 2. The minimum Gasteiger partial charge on any atom is -0.493 e. The van der Waals surface area contributed by atoms with E-state index in [1.165, 1.54) is 32.4 Å². The number of ether oxygens (including phenoxy) is 2. The molecule has 0 aliphatic carbocycles. The summed E-state index contributed by atoms with van der Waals surface area (Å²) in [5.74, 6) is -0.0915. The summed E-state index contributed by atoms with van der Waals surface area (Å²) in [6, 6.07) is 12.5. The molecule has 0 spiro atoms. The van der Waals surface area contributed by atoms with Gasteiger partial charge in [-0.1, -0.05) is 18.2 Å². The van der Waals surface area contributed by atoms with Gasteiger partial charge < -0.3 is 15.2 Å². The van der Waals surface area contributed by atoms with Gasteiger partial charge in [0, 0.05) is 6.07 Å². The van der Waals surface area contributed by atoms with Gasteiger partial charge in [-0.15, -0.1) is 0 Å². The summed E-state index contributed by atoms with van der Waals surface area (Å²) in [7, 11) is -1.15. The molecule has 2 rings (SSSR count). The van der Waals surface area contributed by atoms with Crippen molar-refractivity contribution in [2.24, 2.45) is 5.73 Å². The molecule has 0 aromatic heterocycles. The molecule has 0 atom stereocenters. The van der Waals surface area contributed by atoms with Gasteiger partial charge >= 0.3 is 0 Å². The number of hydrogen-bond donors (Lipinski definition) is 1. The Morgan fingerprint density at radius 2 is 1.67 bits per heavy atom. The predicted octanol–water partition coefficient (Wildman–Crippen LogP) is 1.38. The van der Waals surface area contributed by atoms with Crippen LogP contribution < -0.4 is 19.5 Å². The van der Waals surface area contributed by atoms with E-state index in [0.717, 1.165) is 4.31 Å². The Bertz CT molecular complexity index is 822. The molecule has 0 heterocycles. The second-order valence-corrected chi connectivity index (χ2v) is 6.69. The molecule has 128 valence electrons. The molecular formula is C16H18N2O5S. The van der Waals surface area contributed by atoms with Crippen LogP contribution in [0.25, 0.3) is 0 Å². The summed E-state index contributed by atoms with van der Waals surface area (Å²) in [6.07, 6.45) is 0. The van der Waals surface area contributed by atoms with E-state index in [1.54, 1.807) is 30.3 Å². The van der Waals surface area contributed by atoms with Crippen molar-refractivity contribution in [3.8, 4) is 11.5 Å². The molecule has 0 aliphatic rings. The van der Waals surface area contributed by atoms with Crippen LogP contribution in [0.3, 0.4) is 0 Å². The summed E-state index contributed by atoms with van der Waals surface area (Å²) >= 11 is 0. The summed E-state index contributed by atoms with van der Waals surface area (Å²) in [6.45, 7) is -0.472. The second-order valence-electron chi connectivity index (χ2n) is 4.83. The third-order valence-corrected chi connectivity index (χ3v) is 5.06. The number of carbonyl (C=O) groups is 1. The standard InChI is InChI=1S/C16H18N2O5S/c1-22-14-9-8-13(10-15(14)23-2)24(20,21)18(11-16(17)19)12-6-4-3-5-7-12/h3-10H,11H2,1-2H3,(H2,17,19). The monoisotopic (exact) mass is 350 g/mol. The van der Waals surface area contributed by atoms with Gasteiger partial charge in [0.15, 0.2) is 11.5 Å². The number of carbonyl (C=O) groups excluding carboxylic acids is 1. The molecule has 0 saturated carbocycles. The molecule has 0 bridgehead atoms. The number of anilines is 1. The molecule has 2 aromatic carbocycles. The van der Waals surface area contributed by atoms with Crippen LogP contribution >= 0.6 is 0 Å². The van der Waals surface area contributed by atoms with Crippen LogP contribution in [-0.2, 0) is 14.8 Å². The number of nitrogens with two attached hydrogens (primary N) is 1. The normalized spacial score (nSPS) is 10.9. The minimum absolute atomic E-state index is 0.0368. The molecule has 24 heavy (non-hydrogen) atoms. The lowest BCUT2D eigenvalue weighted by Gasteiger charge is -2.23. The van der Waals surface area contributed by atoms with Gasteiger partial charge in [-0.25, -0.2) is 8.42 Å². The van der Waals surface area contributed by atoms with Crippen molar-refractivity contribution in [2.45, 2.75) is 4.90 Å². The van der Waals surface area contributed by atoms with Crippen molar-refractivity contribution in [1.82, 2.24) is 0 Å². The zero-order chi connectivity index (χ0) is 17.7. The quantitative estimate of drug-likeness (QED) is 0.813. The average molecular weight is 350 g/mol. The van der Waals surface area contributed by atoms with E-state index in [1.807, 2.05) is 0 Å². The lowest BCUT2D eigenvalue weighted by molar-refractivity contribution is -0.116. The maximum atomic E-state index is 13.0. The maximum Gasteiger partial charge on any atom is 0.264 e. The zero-order valence-corrected chi connectivity index (χ0v) is 14.1. The highest BCUT2D eigenvalue weighted by molar-refractivity contribution is 7.92. The van der Waals surface area contributed by atoms with Gasteiger partial charge in [0.25, 0.3) is 10.0 Å². The van der Waals surface area contributed by atoms with Gasteiger partial charge in [-0.2, -0.15) is 0 Å². The number of sulfonamides is 1. The van der Waals surface area contributed by atoms with E-state index in [-0.39, 0.29) is 10.6 Å². The Morgan fingerprint density at radius 1 is 1.04 bits per heavy atom. The fourth-order valence-electron chi connectivity index (χ4n) is 2.16. The van der Waals surface area contributed by atoms with Gasteiger partial charge in [0.1, 0.15) is 6.54 Å². The molecule has 0 unspecified atom stereocenters. The predicted molar refractivity (Wildman–Crippen MR) is 89.7 cm³/mol. The molecular weight excluding hydrogens is 332 g/mol. The Hall–Kier alpha value is -2.74. The fourth-order valence-corrected chi connectivity index (χ4v) is 3.60. The first-order valence-corrected chi connectivity index (χ1v) is 8.42. The van der Waals surface area contributed by atoms with Gasteiger partial charge in [0.05, 0.1) is 24.8 Å². The fraction of sp³-hybridized carbons (Fsp3) is 0.188. The number of primary amides is 1. The Labute approximate surface area is 140 Å².